The van der Waals surface area contributed by atoms with Crippen LogP contribution < -0.4 is 5.32 Å². The molecule has 0 saturated heterocycles. The third-order valence-corrected chi connectivity index (χ3v) is 4.98. The number of carbonyl (C=O) groups excluding carboxylic acids is 2. The molecule has 24 heavy (non-hydrogen) atoms. The number of ketones is 1. The quantitative estimate of drug-likeness (QED) is 0.812. The van der Waals surface area contributed by atoms with Crippen LogP contribution in [-0.4, -0.2) is 21.7 Å². The van der Waals surface area contributed by atoms with Crippen molar-refractivity contribution in [1.82, 2.24) is 5.32 Å². The first-order chi connectivity index (χ1) is 11.0. The maximum Gasteiger partial charge on any atom is 0.416 e. The van der Waals surface area contributed by atoms with Gasteiger partial charge in [-0.1, -0.05) is 13.8 Å². The van der Waals surface area contributed by atoms with E-state index in [0.29, 0.717) is 6.07 Å². The van der Waals surface area contributed by atoms with E-state index in [1.165, 1.54) is 11.8 Å². The van der Waals surface area contributed by atoms with Gasteiger partial charge in [0.25, 0.3) is 0 Å². The number of thioether (sulfide) groups is 1. The van der Waals surface area contributed by atoms with Crippen molar-refractivity contribution in [1.29, 1.82) is 0 Å². The standard InChI is InChI=1S/C16H17F4NO2S/c1-9(2)24-15(6-13(22)7-15)14(23)21-8-10-3-11(16(18,19)20)5-12(17)4-10/h3-5,9H,6-8H2,1-2H3,(H,21,23). The van der Waals surface area contributed by atoms with Crippen molar-refractivity contribution in [2.24, 2.45) is 0 Å². The maximum absolute atomic E-state index is 13.4. The number of hydrogen-bond donors (Lipinski definition) is 1. The first-order valence-electron chi connectivity index (χ1n) is 7.36. The van der Waals surface area contributed by atoms with Crippen LogP contribution in [0.4, 0.5) is 17.6 Å². The molecule has 0 radical (unpaired) electrons. The fourth-order valence-electron chi connectivity index (χ4n) is 2.59. The van der Waals surface area contributed by atoms with E-state index in [1.54, 1.807) is 0 Å². The van der Waals surface area contributed by atoms with E-state index in [1.807, 2.05) is 13.8 Å². The topological polar surface area (TPSA) is 46.2 Å². The molecular formula is C16H17F4NO2S. The number of nitrogens with one attached hydrogen (secondary N) is 1. The van der Waals surface area contributed by atoms with Crippen LogP contribution in [0.3, 0.4) is 0 Å². The van der Waals surface area contributed by atoms with Crippen molar-refractivity contribution in [3.63, 3.8) is 0 Å². The number of benzene rings is 1. The average molecular weight is 363 g/mol. The Labute approximate surface area is 141 Å². The highest BCUT2D eigenvalue weighted by Gasteiger charge is 2.50. The zero-order chi connectivity index (χ0) is 18.1. The minimum atomic E-state index is -4.66. The summed E-state index contributed by atoms with van der Waals surface area (Å²) in [5.74, 6) is -1.44. The Hall–Kier alpha value is -1.57. The number of carbonyl (C=O) groups is 2. The summed E-state index contributed by atoms with van der Waals surface area (Å²) in [6.45, 7) is 3.56. The molecule has 0 atom stereocenters. The molecule has 1 saturated carbocycles. The van der Waals surface area contributed by atoms with Gasteiger partial charge in [-0.15, -0.1) is 11.8 Å². The summed E-state index contributed by atoms with van der Waals surface area (Å²) in [4.78, 5) is 23.7. The normalized spacial score (nSPS) is 16.9. The lowest BCUT2D eigenvalue weighted by Crippen LogP contribution is -2.54. The van der Waals surface area contributed by atoms with Gasteiger partial charge in [-0.3, -0.25) is 9.59 Å². The van der Waals surface area contributed by atoms with Crippen LogP contribution in [0.1, 0.15) is 37.8 Å². The van der Waals surface area contributed by atoms with Crippen LogP contribution in [-0.2, 0) is 22.3 Å². The van der Waals surface area contributed by atoms with Gasteiger partial charge in [0, 0.05) is 24.6 Å². The Morgan fingerprint density at radius 3 is 2.42 bits per heavy atom. The molecule has 1 fully saturated rings. The molecular weight excluding hydrogens is 346 g/mol. The minimum absolute atomic E-state index is 0.0195. The van der Waals surface area contributed by atoms with Crippen LogP contribution in [0, 0.1) is 5.82 Å². The molecule has 0 heterocycles. The highest BCUT2D eigenvalue weighted by Crippen LogP contribution is 2.44. The van der Waals surface area contributed by atoms with Gasteiger partial charge < -0.3 is 5.32 Å². The van der Waals surface area contributed by atoms with Gasteiger partial charge in [-0.25, -0.2) is 4.39 Å². The Kier molecular flexibility index (Phi) is 5.27. The van der Waals surface area contributed by atoms with Gasteiger partial charge in [0.2, 0.25) is 5.91 Å². The lowest BCUT2D eigenvalue weighted by molar-refractivity contribution is -0.137. The lowest BCUT2D eigenvalue weighted by atomic mass is 9.82. The number of halogens is 4. The number of rotatable bonds is 5. The molecule has 0 spiro atoms. The second-order valence-electron chi connectivity index (χ2n) is 6.08. The largest absolute Gasteiger partial charge is 0.416 e. The molecule has 0 bridgehead atoms. The van der Waals surface area contributed by atoms with Crippen LogP contribution >= 0.6 is 11.8 Å². The summed E-state index contributed by atoms with van der Waals surface area (Å²) in [7, 11) is 0. The zero-order valence-corrected chi connectivity index (χ0v) is 14.0. The number of Topliss-reactive ketones (excluding diaryl/α,β-unsaturated/α-hetero) is 1. The molecule has 1 aliphatic carbocycles. The second kappa shape index (κ2) is 6.74. The highest BCUT2D eigenvalue weighted by molar-refractivity contribution is 8.02. The summed E-state index contributed by atoms with van der Waals surface area (Å²) in [6, 6.07) is 2.16. The van der Waals surface area contributed by atoms with E-state index in [-0.39, 0.29) is 36.0 Å². The van der Waals surface area contributed by atoms with Gasteiger partial charge in [0.1, 0.15) is 16.3 Å². The van der Waals surface area contributed by atoms with Crippen molar-refractivity contribution >= 4 is 23.5 Å². The number of hydrogen-bond acceptors (Lipinski definition) is 3. The van der Waals surface area contributed by atoms with Crippen molar-refractivity contribution in [3.05, 3.63) is 35.1 Å². The Bertz CT molecular complexity index is 650. The molecule has 1 aliphatic rings. The first kappa shape index (κ1) is 18.8. The van der Waals surface area contributed by atoms with Gasteiger partial charge >= 0.3 is 6.18 Å². The number of amides is 1. The summed E-state index contributed by atoms with van der Waals surface area (Å²) in [5.41, 5.74) is -1.08. The number of alkyl halides is 3. The van der Waals surface area contributed by atoms with Crippen LogP contribution in [0.5, 0.6) is 0 Å². The van der Waals surface area contributed by atoms with Crippen molar-refractivity contribution < 1.29 is 27.2 Å². The van der Waals surface area contributed by atoms with Gasteiger partial charge in [0.05, 0.1) is 5.56 Å². The van der Waals surface area contributed by atoms with Gasteiger partial charge in [-0.05, 0) is 23.8 Å². The molecule has 1 N–H and O–H groups in total. The molecule has 1 aromatic carbocycles. The molecule has 3 nitrogen and oxygen atoms in total. The molecule has 0 aliphatic heterocycles. The minimum Gasteiger partial charge on any atom is -0.351 e. The van der Waals surface area contributed by atoms with Crippen LogP contribution in [0.15, 0.2) is 18.2 Å². The van der Waals surface area contributed by atoms with E-state index >= 15 is 0 Å². The van der Waals surface area contributed by atoms with Crippen LogP contribution in [0.25, 0.3) is 0 Å². The SMILES string of the molecule is CC(C)SC1(C(=O)NCc2cc(F)cc(C(F)(F)F)c2)CC(=O)C1. The monoisotopic (exact) mass is 363 g/mol. The summed E-state index contributed by atoms with van der Waals surface area (Å²) >= 11 is 1.36. The highest BCUT2D eigenvalue weighted by atomic mass is 32.2. The second-order valence-corrected chi connectivity index (χ2v) is 8.04. The maximum atomic E-state index is 13.4. The fraction of sp³-hybridized carbons (Fsp3) is 0.500. The predicted octanol–water partition coefficient (Wildman–Crippen LogP) is 3.70. The Morgan fingerprint density at radius 2 is 1.92 bits per heavy atom. The van der Waals surface area contributed by atoms with E-state index in [4.69, 9.17) is 0 Å². The van der Waals surface area contributed by atoms with E-state index in [2.05, 4.69) is 5.32 Å². The molecule has 2 rings (SSSR count). The lowest BCUT2D eigenvalue weighted by Gasteiger charge is -2.39. The Balaban J connectivity index is 2.08. The average Bonchev–Trinajstić information content (AvgIpc) is 2.40. The predicted molar refractivity (Wildman–Crippen MR) is 82.9 cm³/mol. The third kappa shape index (κ3) is 4.28. The van der Waals surface area contributed by atoms with E-state index < -0.39 is 28.2 Å². The molecule has 132 valence electrons. The summed E-state index contributed by atoms with van der Waals surface area (Å²) in [5, 5.41) is 2.65. The van der Waals surface area contributed by atoms with E-state index in [9.17, 15) is 27.2 Å². The van der Waals surface area contributed by atoms with Crippen molar-refractivity contribution in [3.8, 4) is 0 Å². The first-order valence-corrected chi connectivity index (χ1v) is 8.24. The van der Waals surface area contributed by atoms with Crippen molar-refractivity contribution in [2.45, 2.75) is 49.4 Å². The molecule has 8 heteroatoms. The molecule has 1 aromatic rings. The molecule has 1 amide bonds. The summed E-state index contributed by atoms with van der Waals surface area (Å²) in [6.07, 6.45) is -4.44. The van der Waals surface area contributed by atoms with Crippen molar-refractivity contribution in [2.75, 3.05) is 0 Å². The van der Waals surface area contributed by atoms with E-state index in [0.717, 1.165) is 12.1 Å². The third-order valence-electron chi connectivity index (χ3n) is 3.58. The fourth-order valence-corrected chi connectivity index (χ4v) is 4.16. The summed E-state index contributed by atoms with van der Waals surface area (Å²) < 4.78 is 50.6. The molecule has 0 aromatic heterocycles. The molecule has 0 unspecified atom stereocenters. The zero-order valence-electron chi connectivity index (χ0n) is 13.2. The van der Waals surface area contributed by atoms with Crippen LogP contribution in [0.2, 0.25) is 0 Å². The van der Waals surface area contributed by atoms with Gasteiger partial charge in [-0.2, -0.15) is 13.2 Å². The smallest absolute Gasteiger partial charge is 0.351 e. The Morgan fingerprint density at radius 1 is 1.29 bits per heavy atom. The van der Waals surface area contributed by atoms with Gasteiger partial charge in [0.15, 0.2) is 0 Å².